The molecule has 0 aliphatic carbocycles. The highest BCUT2D eigenvalue weighted by molar-refractivity contribution is 7.14. The molecule has 0 atom stereocenters. The minimum Gasteiger partial charge on any atom is -0.454 e. The molecule has 2 heterocycles. The van der Waals surface area contributed by atoms with Gasteiger partial charge in [0.1, 0.15) is 5.01 Å². The standard InChI is InChI=1S/C17H13N3O3S/c1-10-19-20-17(24-10)14-12(7-8-13-15(14)23-9-22-13)16(21)18-11-5-3-2-4-6-11/h2-8H,9H2,1H3,(H,18,21). The fourth-order valence-corrected chi connectivity index (χ4v) is 3.24. The van der Waals surface area contributed by atoms with Gasteiger partial charge in [0.25, 0.3) is 5.91 Å². The fraction of sp³-hybridized carbons (Fsp3) is 0.118. The van der Waals surface area contributed by atoms with Crippen LogP contribution in [0.5, 0.6) is 11.5 Å². The molecule has 0 unspecified atom stereocenters. The molecule has 4 rings (SSSR count). The van der Waals surface area contributed by atoms with E-state index in [1.807, 2.05) is 37.3 Å². The van der Waals surface area contributed by atoms with Gasteiger partial charge in [-0.1, -0.05) is 29.5 Å². The van der Waals surface area contributed by atoms with Crippen molar-refractivity contribution in [1.82, 2.24) is 10.2 Å². The number of carbonyl (C=O) groups excluding carboxylic acids is 1. The Balaban J connectivity index is 1.79. The third kappa shape index (κ3) is 2.59. The fourth-order valence-electron chi connectivity index (χ4n) is 2.49. The van der Waals surface area contributed by atoms with Gasteiger partial charge in [-0.05, 0) is 31.2 Å². The van der Waals surface area contributed by atoms with Crippen LogP contribution in [0, 0.1) is 6.92 Å². The lowest BCUT2D eigenvalue weighted by Gasteiger charge is -2.10. The largest absolute Gasteiger partial charge is 0.454 e. The Hall–Kier alpha value is -2.93. The van der Waals surface area contributed by atoms with Crippen LogP contribution in [-0.4, -0.2) is 22.9 Å². The lowest BCUT2D eigenvalue weighted by atomic mass is 10.1. The summed E-state index contributed by atoms with van der Waals surface area (Å²) in [7, 11) is 0. The number of nitrogens with one attached hydrogen (secondary N) is 1. The van der Waals surface area contributed by atoms with Crippen molar-refractivity contribution in [2.45, 2.75) is 6.92 Å². The minimum absolute atomic E-state index is 0.129. The number of anilines is 1. The number of para-hydroxylation sites is 1. The third-order valence-corrected chi connectivity index (χ3v) is 4.41. The number of benzene rings is 2. The van der Waals surface area contributed by atoms with Gasteiger partial charge in [-0.2, -0.15) is 0 Å². The Kier molecular flexibility index (Phi) is 3.62. The van der Waals surface area contributed by atoms with Crippen molar-refractivity contribution in [3.8, 4) is 22.1 Å². The summed E-state index contributed by atoms with van der Waals surface area (Å²) in [5.41, 5.74) is 1.81. The van der Waals surface area contributed by atoms with E-state index in [4.69, 9.17) is 9.47 Å². The first-order chi connectivity index (χ1) is 11.7. The number of amides is 1. The first kappa shape index (κ1) is 14.6. The summed E-state index contributed by atoms with van der Waals surface area (Å²) in [6.07, 6.45) is 0. The molecule has 0 spiro atoms. The van der Waals surface area contributed by atoms with Crippen molar-refractivity contribution in [1.29, 1.82) is 0 Å². The van der Waals surface area contributed by atoms with E-state index in [2.05, 4.69) is 15.5 Å². The third-order valence-electron chi connectivity index (χ3n) is 3.56. The van der Waals surface area contributed by atoms with Gasteiger partial charge in [-0.25, -0.2) is 0 Å². The molecule has 7 heteroatoms. The maximum atomic E-state index is 12.8. The van der Waals surface area contributed by atoms with E-state index in [1.54, 1.807) is 12.1 Å². The molecule has 0 bridgehead atoms. The molecule has 0 saturated carbocycles. The molecule has 24 heavy (non-hydrogen) atoms. The van der Waals surface area contributed by atoms with Crippen molar-refractivity contribution in [3.63, 3.8) is 0 Å². The Bertz CT molecular complexity index is 909. The first-order valence-electron chi connectivity index (χ1n) is 7.32. The number of rotatable bonds is 3. The van der Waals surface area contributed by atoms with Crippen LogP contribution in [0.15, 0.2) is 42.5 Å². The van der Waals surface area contributed by atoms with Gasteiger partial charge in [-0.15, -0.1) is 10.2 Å². The predicted molar refractivity (Wildman–Crippen MR) is 90.6 cm³/mol. The molecule has 1 aromatic heterocycles. The van der Waals surface area contributed by atoms with Crippen LogP contribution in [0.25, 0.3) is 10.6 Å². The van der Waals surface area contributed by atoms with Crippen molar-refractivity contribution in [3.05, 3.63) is 53.0 Å². The highest BCUT2D eigenvalue weighted by Gasteiger charge is 2.27. The van der Waals surface area contributed by atoms with Gasteiger partial charge in [0.2, 0.25) is 6.79 Å². The number of aromatic nitrogens is 2. The molecule has 1 aliphatic heterocycles. The number of hydrogen-bond acceptors (Lipinski definition) is 6. The zero-order valence-corrected chi connectivity index (χ0v) is 13.6. The van der Waals surface area contributed by atoms with Crippen LogP contribution >= 0.6 is 11.3 Å². The summed E-state index contributed by atoms with van der Waals surface area (Å²) in [6, 6.07) is 12.7. The minimum atomic E-state index is -0.234. The van der Waals surface area contributed by atoms with Crippen LogP contribution in [0.4, 0.5) is 5.69 Å². The second kappa shape index (κ2) is 5.93. The number of carbonyl (C=O) groups is 1. The molecule has 0 fully saturated rings. The molecule has 0 radical (unpaired) electrons. The first-order valence-corrected chi connectivity index (χ1v) is 8.13. The highest BCUT2D eigenvalue weighted by Crippen LogP contribution is 2.44. The van der Waals surface area contributed by atoms with E-state index < -0.39 is 0 Å². The smallest absolute Gasteiger partial charge is 0.256 e. The Labute approximate surface area is 142 Å². The zero-order chi connectivity index (χ0) is 16.5. The quantitative estimate of drug-likeness (QED) is 0.791. The van der Waals surface area contributed by atoms with E-state index in [1.165, 1.54) is 11.3 Å². The maximum absolute atomic E-state index is 12.8. The summed E-state index contributed by atoms with van der Waals surface area (Å²) < 4.78 is 11.0. The van der Waals surface area contributed by atoms with Crippen LogP contribution in [0.3, 0.4) is 0 Å². The van der Waals surface area contributed by atoms with Crippen molar-refractivity contribution < 1.29 is 14.3 Å². The van der Waals surface area contributed by atoms with Gasteiger partial charge in [-0.3, -0.25) is 4.79 Å². The predicted octanol–water partition coefficient (Wildman–Crippen LogP) is 3.49. The molecule has 1 amide bonds. The topological polar surface area (TPSA) is 73.3 Å². The van der Waals surface area contributed by atoms with Gasteiger partial charge >= 0.3 is 0 Å². The van der Waals surface area contributed by atoms with E-state index in [0.29, 0.717) is 27.6 Å². The zero-order valence-electron chi connectivity index (χ0n) is 12.8. The summed E-state index contributed by atoms with van der Waals surface area (Å²) >= 11 is 1.41. The van der Waals surface area contributed by atoms with Crippen molar-refractivity contribution >= 4 is 22.9 Å². The summed E-state index contributed by atoms with van der Waals surface area (Å²) in [6.45, 7) is 2.00. The average Bonchev–Trinajstić information content (AvgIpc) is 3.23. The molecule has 1 aliphatic rings. The van der Waals surface area contributed by atoms with Crippen LogP contribution in [0.2, 0.25) is 0 Å². The lowest BCUT2D eigenvalue weighted by molar-refractivity contribution is 0.102. The average molecular weight is 339 g/mol. The van der Waals surface area contributed by atoms with Crippen molar-refractivity contribution in [2.75, 3.05) is 12.1 Å². The molecule has 2 aromatic carbocycles. The monoisotopic (exact) mass is 339 g/mol. The van der Waals surface area contributed by atoms with Crippen LogP contribution < -0.4 is 14.8 Å². The summed E-state index contributed by atoms with van der Waals surface area (Å²) in [4.78, 5) is 12.8. The molecule has 6 nitrogen and oxygen atoms in total. The molecule has 1 N–H and O–H groups in total. The van der Waals surface area contributed by atoms with Crippen LogP contribution in [-0.2, 0) is 0 Å². The highest BCUT2D eigenvalue weighted by atomic mass is 32.1. The normalized spacial score (nSPS) is 12.2. The number of ether oxygens (including phenoxy) is 2. The van der Waals surface area contributed by atoms with Gasteiger partial charge in [0.15, 0.2) is 16.5 Å². The van der Waals surface area contributed by atoms with E-state index in [9.17, 15) is 4.79 Å². The molecule has 3 aromatic rings. The van der Waals surface area contributed by atoms with Crippen molar-refractivity contribution in [2.24, 2.45) is 0 Å². The SMILES string of the molecule is Cc1nnc(-c2c(C(=O)Nc3ccccc3)ccc3c2OCO3)s1. The van der Waals surface area contributed by atoms with E-state index in [-0.39, 0.29) is 12.7 Å². The number of aryl methyl sites for hydroxylation is 1. The maximum Gasteiger partial charge on any atom is 0.256 e. The van der Waals surface area contributed by atoms with Gasteiger partial charge in [0.05, 0.1) is 11.1 Å². The molecule has 0 saturated heterocycles. The number of hydrogen-bond donors (Lipinski definition) is 1. The van der Waals surface area contributed by atoms with Crippen LogP contribution in [0.1, 0.15) is 15.4 Å². The second-order valence-electron chi connectivity index (χ2n) is 5.17. The summed E-state index contributed by atoms with van der Waals surface area (Å²) in [5.74, 6) is 0.906. The van der Waals surface area contributed by atoms with Gasteiger partial charge < -0.3 is 14.8 Å². The summed E-state index contributed by atoms with van der Waals surface area (Å²) in [5, 5.41) is 12.5. The van der Waals surface area contributed by atoms with E-state index >= 15 is 0 Å². The number of fused-ring (bicyclic) bond motifs is 1. The molecule has 120 valence electrons. The Morgan fingerprint density at radius 1 is 1.12 bits per heavy atom. The molecular formula is C17H13N3O3S. The molecular weight excluding hydrogens is 326 g/mol. The Morgan fingerprint density at radius 3 is 2.71 bits per heavy atom. The van der Waals surface area contributed by atoms with Gasteiger partial charge in [0, 0.05) is 5.69 Å². The number of nitrogens with zero attached hydrogens (tertiary/aromatic N) is 2. The van der Waals surface area contributed by atoms with E-state index in [0.717, 1.165) is 10.7 Å². The second-order valence-corrected chi connectivity index (χ2v) is 6.35. The Morgan fingerprint density at radius 2 is 1.96 bits per heavy atom. The lowest BCUT2D eigenvalue weighted by Crippen LogP contribution is -2.13.